The molecule has 0 spiro atoms. The Balaban J connectivity index is 1.44. The van der Waals surface area contributed by atoms with Crippen LogP contribution in [0.15, 0.2) is 48.5 Å². The molecule has 2 aliphatic rings. The molecule has 2 aliphatic heterocycles. The predicted octanol–water partition coefficient (Wildman–Crippen LogP) is 3.82. The number of carboxylic acid groups (broad SMARTS) is 1. The van der Waals surface area contributed by atoms with Crippen molar-refractivity contribution < 1.29 is 19.5 Å². The number of likely N-dealkylation sites (tertiary alicyclic amines) is 1. The van der Waals surface area contributed by atoms with Crippen LogP contribution in [0.5, 0.6) is 0 Å². The molecule has 0 atom stereocenters. The molecule has 0 aliphatic carbocycles. The van der Waals surface area contributed by atoms with E-state index in [-0.39, 0.29) is 30.5 Å². The van der Waals surface area contributed by atoms with E-state index in [9.17, 15) is 19.5 Å². The zero-order chi connectivity index (χ0) is 24.1. The van der Waals surface area contributed by atoms with Gasteiger partial charge in [0.15, 0.2) is 0 Å². The highest BCUT2D eigenvalue weighted by Crippen LogP contribution is 2.35. The summed E-state index contributed by atoms with van der Waals surface area (Å²) in [7, 11) is 0. The Hall–Kier alpha value is -3.19. The molecule has 2 amide bonds. The van der Waals surface area contributed by atoms with E-state index >= 15 is 0 Å². The van der Waals surface area contributed by atoms with Gasteiger partial charge in [0.2, 0.25) is 11.8 Å². The van der Waals surface area contributed by atoms with Crippen molar-refractivity contribution in [2.75, 3.05) is 42.5 Å². The summed E-state index contributed by atoms with van der Waals surface area (Å²) in [5, 5.41) is 9.47. The maximum Gasteiger partial charge on any atom is 0.335 e. The summed E-state index contributed by atoms with van der Waals surface area (Å²) in [5.41, 5.74) is 2.59. The molecular formula is C27H33N3O4. The van der Waals surface area contributed by atoms with Gasteiger partial charge in [-0.1, -0.05) is 43.7 Å². The first-order valence-electron chi connectivity index (χ1n) is 12.2. The SMILES string of the molecule is CCCCN1C(=O)CN(C(=O)CN2CCC(Cc3ccccc3)CC2)c2cc(C(=O)O)ccc21. The molecule has 180 valence electrons. The molecule has 0 saturated carbocycles. The van der Waals surface area contributed by atoms with E-state index in [1.54, 1.807) is 11.0 Å². The Bertz CT molecular complexity index is 1030. The largest absolute Gasteiger partial charge is 0.478 e. The van der Waals surface area contributed by atoms with Gasteiger partial charge in [0.05, 0.1) is 23.5 Å². The van der Waals surface area contributed by atoms with E-state index in [0.29, 0.717) is 23.8 Å². The number of fused-ring (bicyclic) bond motifs is 1. The first-order chi connectivity index (χ1) is 16.5. The molecule has 1 saturated heterocycles. The molecule has 1 N–H and O–H groups in total. The van der Waals surface area contributed by atoms with Crippen LogP contribution in [0, 0.1) is 5.92 Å². The Morgan fingerprint density at radius 2 is 1.76 bits per heavy atom. The van der Waals surface area contributed by atoms with Crippen molar-refractivity contribution in [1.29, 1.82) is 0 Å². The fourth-order valence-corrected chi connectivity index (χ4v) is 4.90. The molecular weight excluding hydrogens is 430 g/mol. The second kappa shape index (κ2) is 10.8. The lowest BCUT2D eigenvalue weighted by Gasteiger charge is -2.38. The number of aromatic carboxylic acids is 1. The Labute approximate surface area is 201 Å². The van der Waals surface area contributed by atoms with Gasteiger partial charge in [-0.15, -0.1) is 0 Å². The van der Waals surface area contributed by atoms with Crippen molar-refractivity contribution in [3.63, 3.8) is 0 Å². The van der Waals surface area contributed by atoms with Gasteiger partial charge in [-0.2, -0.15) is 0 Å². The number of hydrogen-bond acceptors (Lipinski definition) is 4. The Morgan fingerprint density at radius 1 is 1.03 bits per heavy atom. The predicted molar refractivity (Wildman–Crippen MR) is 132 cm³/mol. The highest BCUT2D eigenvalue weighted by molar-refractivity contribution is 6.12. The van der Waals surface area contributed by atoms with Gasteiger partial charge in [-0.05, 0) is 68.5 Å². The van der Waals surface area contributed by atoms with Crippen molar-refractivity contribution in [2.24, 2.45) is 5.92 Å². The first kappa shape index (κ1) is 24.0. The second-order valence-corrected chi connectivity index (χ2v) is 9.30. The summed E-state index contributed by atoms with van der Waals surface area (Å²) in [6.45, 7) is 4.49. The van der Waals surface area contributed by atoms with Gasteiger partial charge >= 0.3 is 5.97 Å². The lowest BCUT2D eigenvalue weighted by molar-refractivity contribution is -0.123. The third-order valence-electron chi connectivity index (χ3n) is 6.87. The zero-order valence-electron chi connectivity index (χ0n) is 19.8. The van der Waals surface area contributed by atoms with Crippen LogP contribution in [-0.2, 0) is 16.0 Å². The van der Waals surface area contributed by atoms with Crippen molar-refractivity contribution in [3.05, 3.63) is 59.7 Å². The number of unbranched alkanes of at least 4 members (excludes halogenated alkanes) is 1. The van der Waals surface area contributed by atoms with Crippen molar-refractivity contribution in [1.82, 2.24) is 4.90 Å². The number of benzene rings is 2. The summed E-state index contributed by atoms with van der Waals surface area (Å²) in [6.07, 6.45) is 4.91. The van der Waals surface area contributed by atoms with Crippen molar-refractivity contribution in [2.45, 2.75) is 39.0 Å². The van der Waals surface area contributed by atoms with Crippen LogP contribution < -0.4 is 9.80 Å². The van der Waals surface area contributed by atoms with Gasteiger partial charge in [-0.3, -0.25) is 19.4 Å². The summed E-state index contributed by atoms with van der Waals surface area (Å²) in [6, 6.07) is 15.2. The monoisotopic (exact) mass is 463 g/mol. The van der Waals surface area contributed by atoms with Crippen LogP contribution in [0.1, 0.15) is 48.5 Å². The summed E-state index contributed by atoms with van der Waals surface area (Å²) < 4.78 is 0. The van der Waals surface area contributed by atoms with Gasteiger partial charge in [0.1, 0.15) is 6.54 Å². The molecule has 0 aromatic heterocycles. The van der Waals surface area contributed by atoms with Crippen LogP contribution in [0.3, 0.4) is 0 Å². The number of carboxylic acids is 1. The third kappa shape index (κ3) is 5.47. The molecule has 1 fully saturated rings. The van der Waals surface area contributed by atoms with Gasteiger partial charge in [-0.25, -0.2) is 4.79 Å². The molecule has 2 aromatic carbocycles. The lowest BCUT2D eigenvalue weighted by atomic mass is 9.90. The maximum absolute atomic E-state index is 13.3. The fourth-order valence-electron chi connectivity index (χ4n) is 4.90. The Morgan fingerprint density at radius 3 is 2.44 bits per heavy atom. The molecule has 7 heteroatoms. The molecule has 0 unspecified atom stereocenters. The van der Waals surface area contributed by atoms with Gasteiger partial charge in [0, 0.05) is 6.54 Å². The zero-order valence-corrected chi connectivity index (χ0v) is 19.8. The minimum absolute atomic E-state index is 0.0525. The average Bonchev–Trinajstić information content (AvgIpc) is 2.84. The van der Waals surface area contributed by atoms with Crippen LogP contribution in [0.2, 0.25) is 0 Å². The Kier molecular flexibility index (Phi) is 7.63. The van der Waals surface area contributed by atoms with Crippen LogP contribution in [-0.4, -0.2) is 60.5 Å². The van der Waals surface area contributed by atoms with Gasteiger partial charge in [0.25, 0.3) is 0 Å². The van der Waals surface area contributed by atoms with E-state index in [2.05, 4.69) is 36.1 Å². The highest BCUT2D eigenvalue weighted by Gasteiger charge is 2.34. The van der Waals surface area contributed by atoms with Crippen LogP contribution in [0.25, 0.3) is 0 Å². The molecule has 0 bridgehead atoms. The number of anilines is 2. The number of rotatable bonds is 8. The number of carbonyl (C=O) groups is 3. The van der Waals surface area contributed by atoms with E-state index in [1.807, 2.05) is 6.07 Å². The fraction of sp³-hybridized carbons (Fsp3) is 0.444. The quantitative estimate of drug-likeness (QED) is 0.644. The molecule has 7 nitrogen and oxygen atoms in total. The summed E-state index contributed by atoms with van der Waals surface area (Å²) in [4.78, 5) is 43.1. The summed E-state index contributed by atoms with van der Waals surface area (Å²) >= 11 is 0. The molecule has 2 heterocycles. The standard InChI is InChI=1S/C27H33N3O4/c1-2-3-13-29-23-10-9-22(27(33)34)17-24(23)30(19-26(29)32)25(31)18-28-14-11-21(12-15-28)16-20-7-5-4-6-8-20/h4-10,17,21H,2-3,11-16,18-19H2,1H3,(H,33,34). The minimum Gasteiger partial charge on any atom is -0.478 e. The second-order valence-electron chi connectivity index (χ2n) is 9.30. The van der Waals surface area contributed by atoms with Gasteiger partial charge < -0.3 is 10.0 Å². The van der Waals surface area contributed by atoms with Crippen LogP contribution >= 0.6 is 0 Å². The molecule has 2 aromatic rings. The number of piperidine rings is 1. The highest BCUT2D eigenvalue weighted by atomic mass is 16.4. The normalized spacial score (nSPS) is 17.0. The molecule has 0 radical (unpaired) electrons. The summed E-state index contributed by atoms with van der Waals surface area (Å²) in [5.74, 6) is -0.725. The lowest BCUT2D eigenvalue weighted by Crippen LogP contribution is -2.51. The number of amides is 2. The number of hydrogen-bond donors (Lipinski definition) is 1. The smallest absolute Gasteiger partial charge is 0.335 e. The molecule has 4 rings (SSSR count). The topological polar surface area (TPSA) is 81.2 Å². The minimum atomic E-state index is -1.05. The van der Waals surface area contributed by atoms with Crippen molar-refractivity contribution in [3.8, 4) is 0 Å². The van der Waals surface area contributed by atoms with E-state index in [0.717, 1.165) is 45.2 Å². The third-order valence-corrected chi connectivity index (χ3v) is 6.87. The average molecular weight is 464 g/mol. The van der Waals surface area contributed by atoms with Crippen LogP contribution in [0.4, 0.5) is 11.4 Å². The number of nitrogens with zero attached hydrogens (tertiary/aromatic N) is 3. The van der Waals surface area contributed by atoms with E-state index < -0.39 is 5.97 Å². The van der Waals surface area contributed by atoms with E-state index in [4.69, 9.17) is 0 Å². The molecule has 34 heavy (non-hydrogen) atoms. The maximum atomic E-state index is 13.3. The van der Waals surface area contributed by atoms with Crippen molar-refractivity contribution >= 4 is 29.2 Å². The number of carbonyl (C=O) groups excluding carboxylic acids is 2. The van der Waals surface area contributed by atoms with E-state index in [1.165, 1.54) is 22.6 Å². The first-order valence-corrected chi connectivity index (χ1v) is 12.2.